The van der Waals surface area contributed by atoms with Crippen LogP contribution in [0, 0.1) is 6.92 Å². The molecule has 35 heavy (non-hydrogen) atoms. The van der Waals surface area contributed by atoms with Gasteiger partial charge in [0.05, 0.1) is 18.5 Å². The SMILES string of the molecule is CCCc1c(C)c(C2=CC=CCC=C2)nn1-c1ccccc1.COc1ccccc1CN(C)C=O. The van der Waals surface area contributed by atoms with Crippen molar-refractivity contribution in [3.63, 3.8) is 0 Å². The Hall–Kier alpha value is -3.86. The average Bonchev–Trinajstić information content (AvgIpc) is 3.05. The molecule has 0 aliphatic heterocycles. The number of rotatable bonds is 8. The molecule has 2 aromatic carbocycles. The summed E-state index contributed by atoms with van der Waals surface area (Å²) in [5, 5.41) is 4.93. The predicted molar refractivity (Wildman–Crippen MR) is 144 cm³/mol. The zero-order valence-electron chi connectivity index (χ0n) is 21.1. The Morgan fingerprint density at radius 1 is 1.09 bits per heavy atom. The van der Waals surface area contributed by atoms with E-state index in [0.29, 0.717) is 6.54 Å². The van der Waals surface area contributed by atoms with Gasteiger partial charge in [-0.3, -0.25) is 4.79 Å². The Bertz CT molecular complexity index is 1190. The Morgan fingerprint density at radius 2 is 1.83 bits per heavy atom. The smallest absolute Gasteiger partial charge is 0.209 e. The van der Waals surface area contributed by atoms with Crippen LogP contribution in [-0.2, 0) is 17.8 Å². The van der Waals surface area contributed by atoms with Crippen LogP contribution in [0.25, 0.3) is 11.3 Å². The molecule has 4 rings (SSSR count). The van der Waals surface area contributed by atoms with Gasteiger partial charge in [-0.05, 0) is 43.5 Å². The number of para-hydroxylation sites is 2. The molecule has 5 heteroatoms. The van der Waals surface area contributed by atoms with Crippen molar-refractivity contribution in [2.75, 3.05) is 14.2 Å². The molecule has 0 bridgehead atoms. The number of nitrogens with zero attached hydrogens (tertiary/aromatic N) is 3. The third kappa shape index (κ3) is 6.82. The second kappa shape index (κ2) is 13.1. The minimum atomic E-state index is 0.577. The van der Waals surface area contributed by atoms with E-state index in [-0.39, 0.29) is 0 Å². The molecule has 1 amide bonds. The molecule has 0 saturated heterocycles. The van der Waals surface area contributed by atoms with Gasteiger partial charge >= 0.3 is 0 Å². The molecular weight excluding hydrogens is 434 g/mol. The lowest BCUT2D eigenvalue weighted by Crippen LogP contribution is -2.15. The molecule has 0 spiro atoms. The van der Waals surface area contributed by atoms with E-state index in [4.69, 9.17) is 9.84 Å². The number of aromatic nitrogens is 2. The van der Waals surface area contributed by atoms with Gasteiger partial charge < -0.3 is 9.64 Å². The summed E-state index contributed by atoms with van der Waals surface area (Å²) in [7, 11) is 3.36. The first kappa shape index (κ1) is 25.8. The van der Waals surface area contributed by atoms with Crippen molar-refractivity contribution in [1.29, 1.82) is 0 Å². The number of carbonyl (C=O) groups is 1. The third-order valence-corrected chi connectivity index (χ3v) is 5.78. The molecule has 5 nitrogen and oxygen atoms in total. The van der Waals surface area contributed by atoms with Gasteiger partial charge in [0.2, 0.25) is 6.41 Å². The highest BCUT2D eigenvalue weighted by molar-refractivity contribution is 5.76. The highest BCUT2D eigenvalue weighted by atomic mass is 16.5. The predicted octanol–water partition coefficient (Wildman–Crippen LogP) is 6.32. The number of hydrogen-bond donors (Lipinski definition) is 0. The lowest BCUT2D eigenvalue weighted by Gasteiger charge is -2.13. The maximum atomic E-state index is 10.4. The zero-order chi connectivity index (χ0) is 25.0. The van der Waals surface area contributed by atoms with Crippen molar-refractivity contribution >= 4 is 12.0 Å². The molecule has 0 N–H and O–H groups in total. The number of hydrogen-bond acceptors (Lipinski definition) is 3. The number of carbonyl (C=O) groups excluding carboxylic acids is 1. The molecule has 1 aliphatic rings. The Kier molecular flexibility index (Phi) is 9.67. The van der Waals surface area contributed by atoms with Crippen molar-refractivity contribution in [2.45, 2.75) is 39.7 Å². The van der Waals surface area contributed by atoms with E-state index in [2.05, 4.69) is 73.2 Å². The monoisotopic (exact) mass is 469 g/mol. The number of ether oxygens (including phenoxy) is 1. The van der Waals surface area contributed by atoms with E-state index >= 15 is 0 Å². The second-order valence-electron chi connectivity index (χ2n) is 8.44. The standard InChI is InChI=1S/C20H22N2.C10H13NO2/c1-3-11-19-16(2)20(17-12-7-4-5-8-13-17)21-22(19)18-14-9-6-10-15-18;1-11(8-12)7-9-5-3-4-6-10(9)13-2/h4,6-10,12-15H,3,5,11H2,1-2H3;3-6,8H,7H2,1-2H3. The van der Waals surface area contributed by atoms with Crippen LogP contribution in [0.3, 0.4) is 0 Å². The molecule has 1 aliphatic carbocycles. The highest BCUT2D eigenvalue weighted by Crippen LogP contribution is 2.26. The first-order chi connectivity index (χ1) is 17.1. The van der Waals surface area contributed by atoms with Crippen molar-refractivity contribution in [2.24, 2.45) is 0 Å². The van der Waals surface area contributed by atoms with E-state index < -0.39 is 0 Å². The molecule has 0 unspecified atom stereocenters. The molecule has 0 radical (unpaired) electrons. The molecule has 1 heterocycles. The third-order valence-electron chi connectivity index (χ3n) is 5.78. The van der Waals surface area contributed by atoms with Gasteiger partial charge in [-0.2, -0.15) is 5.10 Å². The summed E-state index contributed by atoms with van der Waals surface area (Å²) in [5.41, 5.74) is 7.03. The quantitative estimate of drug-likeness (QED) is 0.363. The number of allylic oxidation sites excluding steroid dienone is 6. The number of methoxy groups -OCH3 is 1. The van der Waals surface area contributed by atoms with Gasteiger partial charge in [-0.25, -0.2) is 4.68 Å². The lowest BCUT2D eigenvalue weighted by molar-refractivity contribution is -0.117. The molecular formula is C30H35N3O2. The molecule has 3 aromatic rings. The van der Waals surface area contributed by atoms with Gasteiger partial charge in [0.25, 0.3) is 0 Å². The van der Waals surface area contributed by atoms with Crippen LogP contribution in [0.2, 0.25) is 0 Å². The maximum absolute atomic E-state index is 10.4. The zero-order valence-corrected chi connectivity index (χ0v) is 21.1. The van der Waals surface area contributed by atoms with Gasteiger partial charge in [0.1, 0.15) is 5.75 Å². The van der Waals surface area contributed by atoms with Crippen LogP contribution < -0.4 is 4.74 Å². The molecule has 182 valence electrons. The first-order valence-electron chi connectivity index (χ1n) is 12.0. The highest BCUT2D eigenvalue weighted by Gasteiger charge is 2.16. The van der Waals surface area contributed by atoms with Crippen LogP contribution in [0.4, 0.5) is 0 Å². The normalized spacial score (nSPS) is 12.3. The van der Waals surface area contributed by atoms with E-state index in [9.17, 15) is 4.79 Å². The van der Waals surface area contributed by atoms with Crippen molar-refractivity contribution in [1.82, 2.24) is 14.7 Å². The fraction of sp³-hybridized carbons (Fsp3) is 0.267. The molecule has 0 saturated carbocycles. The number of amides is 1. The fourth-order valence-electron chi connectivity index (χ4n) is 3.99. The largest absolute Gasteiger partial charge is 0.496 e. The van der Waals surface area contributed by atoms with Crippen LogP contribution in [0.15, 0.2) is 85.0 Å². The lowest BCUT2D eigenvalue weighted by atomic mass is 10.0. The van der Waals surface area contributed by atoms with E-state index in [1.165, 1.54) is 16.8 Å². The fourth-order valence-corrected chi connectivity index (χ4v) is 3.99. The molecule has 1 aromatic heterocycles. The van der Waals surface area contributed by atoms with Crippen LogP contribution >= 0.6 is 0 Å². The Labute approximate surface area is 209 Å². The summed E-state index contributed by atoms with van der Waals surface area (Å²) in [4.78, 5) is 12.0. The van der Waals surface area contributed by atoms with Crippen LogP contribution in [0.1, 0.15) is 42.3 Å². The summed E-state index contributed by atoms with van der Waals surface area (Å²) in [6.07, 6.45) is 14.8. The summed E-state index contributed by atoms with van der Waals surface area (Å²) < 4.78 is 7.26. The number of benzene rings is 2. The topological polar surface area (TPSA) is 47.4 Å². The van der Waals surface area contributed by atoms with Crippen molar-refractivity contribution < 1.29 is 9.53 Å². The van der Waals surface area contributed by atoms with Gasteiger partial charge in [0.15, 0.2) is 0 Å². The van der Waals surface area contributed by atoms with Crippen molar-refractivity contribution in [3.05, 3.63) is 107 Å². The summed E-state index contributed by atoms with van der Waals surface area (Å²) in [6.45, 7) is 4.98. The molecule has 0 atom stereocenters. The van der Waals surface area contributed by atoms with Gasteiger partial charge in [0, 0.05) is 30.4 Å². The summed E-state index contributed by atoms with van der Waals surface area (Å²) in [6, 6.07) is 18.1. The van der Waals surface area contributed by atoms with E-state index in [1.54, 1.807) is 19.1 Å². The van der Waals surface area contributed by atoms with Gasteiger partial charge in [-0.15, -0.1) is 0 Å². The van der Waals surface area contributed by atoms with Gasteiger partial charge in [-0.1, -0.05) is 80.1 Å². The Morgan fingerprint density at radius 3 is 2.54 bits per heavy atom. The Balaban J connectivity index is 0.000000225. The molecule has 0 fully saturated rings. The van der Waals surface area contributed by atoms with Crippen LogP contribution in [-0.4, -0.2) is 35.2 Å². The van der Waals surface area contributed by atoms with E-state index in [1.807, 2.05) is 30.3 Å². The average molecular weight is 470 g/mol. The minimum absolute atomic E-state index is 0.577. The maximum Gasteiger partial charge on any atom is 0.209 e. The summed E-state index contributed by atoms with van der Waals surface area (Å²) >= 11 is 0. The van der Waals surface area contributed by atoms with Crippen molar-refractivity contribution in [3.8, 4) is 11.4 Å². The minimum Gasteiger partial charge on any atom is -0.496 e. The van der Waals surface area contributed by atoms with E-state index in [0.717, 1.165) is 48.4 Å². The van der Waals surface area contributed by atoms with Crippen LogP contribution in [0.5, 0.6) is 5.75 Å². The first-order valence-corrected chi connectivity index (χ1v) is 12.0. The second-order valence-corrected chi connectivity index (χ2v) is 8.44. The summed E-state index contributed by atoms with van der Waals surface area (Å²) in [5.74, 6) is 0.816.